The summed E-state index contributed by atoms with van der Waals surface area (Å²) in [5, 5.41) is 14.7. The number of rotatable bonds is 13. The fourth-order valence-corrected chi connectivity index (χ4v) is 5.06. The molecular formula is C38H34N3NiO3-. The minimum absolute atomic E-state index is 0. The first-order chi connectivity index (χ1) is 21.5. The second-order valence-corrected chi connectivity index (χ2v) is 10.5. The van der Waals surface area contributed by atoms with Crippen molar-refractivity contribution in [3.8, 4) is 0 Å². The third-order valence-electron chi connectivity index (χ3n) is 7.15. The minimum Gasteiger partial charge on any atom is -0.625 e. The van der Waals surface area contributed by atoms with Crippen LogP contribution in [0, 0.1) is 0 Å². The van der Waals surface area contributed by atoms with Gasteiger partial charge < -0.3 is 15.2 Å². The molecule has 7 heteroatoms. The molecule has 6 nitrogen and oxygen atoms in total. The van der Waals surface area contributed by atoms with Crippen molar-refractivity contribution in [2.75, 3.05) is 6.54 Å². The normalized spacial score (nSPS) is 11.8. The van der Waals surface area contributed by atoms with Gasteiger partial charge in [-0.1, -0.05) is 146 Å². The molecule has 0 aliphatic rings. The van der Waals surface area contributed by atoms with E-state index >= 15 is 0 Å². The topological polar surface area (TPSA) is 84.1 Å². The van der Waals surface area contributed by atoms with Gasteiger partial charge in [-0.2, -0.15) is 0 Å². The summed E-state index contributed by atoms with van der Waals surface area (Å²) in [7, 11) is 0. The number of carbonyl (C=O) groups excluding carboxylic acids is 1. The second kappa shape index (κ2) is 16.9. The van der Waals surface area contributed by atoms with Gasteiger partial charge in [-0.05, 0) is 22.3 Å². The maximum Gasteiger partial charge on any atom is 0.328 e. The number of aliphatic imine (C=N–C) groups is 1. The van der Waals surface area contributed by atoms with Crippen LogP contribution in [0.15, 0.2) is 151 Å². The number of para-hydroxylation sites is 1. The number of hydrogen-bond acceptors (Lipinski definition) is 4. The molecule has 230 valence electrons. The Morgan fingerprint density at radius 1 is 0.644 bits per heavy atom. The van der Waals surface area contributed by atoms with Crippen LogP contribution < -0.4 is 0 Å². The molecule has 0 spiro atoms. The number of nitrogens with zero attached hydrogens (tertiary/aromatic N) is 3. The number of carbonyl (C=O) groups is 2. The summed E-state index contributed by atoms with van der Waals surface area (Å²) < 4.78 is 0. The van der Waals surface area contributed by atoms with Crippen molar-refractivity contribution in [2.45, 2.75) is 25.6 Å². The van der Waals surface area contributed by atoms with E-state index < -0.39 is 12.0 Å². The second-order valence-electron chi connectivity index (χ2n) is 10.5. The van der Waals surface area contributed by atoms with Gasteiger partial charge in [0.1, 0.15) is 0 Å². The first kappa shape index (κ1) is 33.1. The van der Waals surface area contributed by atoms with Crippen LogP contribution in [0.2, 0.25) is 0 Å². The Morgan fingerprint density at radius 2 is 1.11 bits per heavy atom. The van der Waals surface area contributed by atoms with Crippen LogP contribution >= 0.6 is 0 Å². The van der Waals surface area contributed by atoms with Crippen molar-refractivity contribution in [1.29, 1.82) is 0 Å². The Bertz CT molecular complexity index is 1640. The Hall–Kier alpha value is -4.84. The molecule has 0 aliphatic carbocycles. The van der Waals surface area contributed by atoms with Crippen molar-refractivity contribution in [1.82, 2.24) is 4.90 Å². The van der Waals surface area contributed by atoms with Crippen LogP contribution in [-0.4, -0.2) is 40.2 Å². The van der Waals surface area contributed by atoms with Gasteiger partial charge in [-0.25, -0.2) is 4.79 Å². The van der Waals surface area contributed by atoms with E-state index in [0.717, 1.165) is 22.3 Å². The van der Waals surface area contributed by atoms with Gasteiger partial charge in [0.15, 0.2) is 6.04 Å². The number of hydrogen-bond donors (Lipinski definition) is 1. The average Bonchev–Trinajstić information content (AvgIpc) is 3.05. The molecule has 1 unspecified atom stereocenters. The van der Waals surface area contributed by atoms with Gasteiger partial charge in [-0.3, -0.25) is 9.89 Å². The molecule has 0 aliphatic heterocycles. The molecule has 1 N–H and O–H groups in total. The smallest absolute Gasteiger partial charge is 0.328 e. The summed E-state index contributed by atoms with van der Waals surface area (Å²) in [5.41, 5.74) is 5.36. The molecule has 45 heavy (non-hydrogen) atoms. The Balaban J connectivity index is 0.00000461. The number of carboxylic acid groups (broad SMARTS) is 1. The third-order valence-corrected chi connectivity index (χ3v) is 7.15. The van der Waals surface area contributed by atoms with Crippen molar-refractivity contribution < 1.29 is 31.2 Å². The molecule has 0 saturated carbocycles. The molecule has 0 fully saturated rings. The molecule has 0 bridgehead atoms. The Labute approximate surface area is 274 Å². The summed E-state index contributed by atoms with van der Waals surface area (Å²) in [4.78, 5) is 32.8. The molecule has 0 saturated heterocycles. The van der Waals surface area contributed by atoms with Crippen LogP contribution in [0.5, 0.6) is 0 Å². The maximum atomic E-state index is 13.5. The average molecular weight is 639 g/mol. The van der Waals surface area contributed by atoms with Gasteiger partial charge in [0, 0.05) is 48.1 Å². The fourth-order valence-electron chi connectivity index (χ4n) is 5.06. The first-order valence-corrected chi connectivity index (χ1v) is 14.6. The largest absolute Gasteiger partial charge is 0.625 e. The summed E-state index contributed by atoms with van der Waals surface area (Å²) in [6, 6.07) is 45.3. The summed E-state index contributed by atoms with van der Waals surface area (Å²) in [6.07, 6.45) is 0.235. The molecule has 5 rings (SSSR count). The van der Waals surface area contributed by atoms with Gasteiger partial charge >= 0.3 is 5.97 Å². The van der Waals surface area contributed by atoms with Crippen LogP contribution in [0.25, 0.3) is 5.32 Å². The number of carboxylic acids is 1. The predicted molar refractivity (Wildman–Crippen MR) is 175 cm³/mol. The first-order valence-electron chi connectivity index (χ1n) is 14.6. The molecule has 5 aromatic rings. The number of benzene rings is 5. The van der Waals surface area contributed by atoms with Crippen molar-refractivity contribution in [2.24, 2.45) is 4.99 Å². The molecule has 0 radical (unpaired) electrons. The number of amides is 1. The maximum absolute atomic E-state index is 13.5. The van der Waals surface area contributed by atoms with Crippen LogP contribution in [0.4, 0.5) is 5.69 Å². The third kappa shape index (κ3) is 9.83. The van der Waals surface area contributed by atoms with E-state index in [1.165, 1.54) is 0 Å². The van der Waals surface area contributed by atoms with E-state index in [0.29, 0.717) is 30.1 Å². The zero-order valence-corrected chi connectivity index (χ0v) is 25.7. The molecule has 0 aromatic heterocycles. The number of aliphatic carboxylic acids is 1. The zero-order valence-electron chi connectivity index (χ0n) is 24.7. The summed E-state index contributed by atoms with van der Waals surface area (Å²) in [6.45, 7) is 1.30. The van der Waals surface area contributed by atoms with E-state index in [-0.39, 0.29) is 35.4 Å². The van der Waals surface area contributed by atoms with E-state index in [2.05, 4.69) is 10.2 Å². The molecule has 1 amide bonds. The summed E-state index contributed by atoms with van der Waals surface area (Å²) in [5.74, 6) is -1.32. The van der Waals surface area contributed by atoms with E-state index in [1.54, 1.807) is 6.07 Å². The molecule has 1 atom stereocenters. The molecule has 5 aromatic carbocycles. The van der Waals surface area contributed by atoms with Gasteiger partial charge in [-0.15, -0.1) is 5.69 Å². The van der Waals surface area contributed by atoms with Crippen molar-refractivity contribution in [3.63, 3.8) is 0 Å². The standard InChI is InChI=1S/C38H35N3O3.Ni/c42-36(28-41(26-30-17-7-2-8-18-30)27-31-19-9-3-10-20-31)39-34-24-14-13-23-33(34)37(32-21-11-4-12-22-32)40-35(38(43)44)25-29-15-5-1-6-16-29;/h1-24,35H,25-28H2,(H2,39,40,42,43,44);/p-1. The minimum atomic E-state index is -1.02. The SMILES string of the molecule is O=C(CN(Cc1ccccc1)Cc1ccccc1)[N-]c1ccccc1C(=NC(Cc1ccccc1)C(=O)O)c1ccccc1.[Ni]. The predicted octanol–water partition coefficient (Wildman–Crippen LogP) is 7.45. The Kier molecular flexibility index (Phi) is 12.4. The Morgan fingerprint density at radius 3 is 1.64 bits per heavy atom. The zero-order chi connectivity index (χ0) is 30.6. The van der Waals surface area contributed by atoms with Gasteiger partial charge in [0.2, 0.25) is 0 Å². The van der Waals surface area contributed by atoms with Crippen molar-refractivity contribution in [3.05, 3.63) is 179 Å². The van der Waals surface area contributed by atoms with E-state index in [9.17, 15) is 14.7 Å². The van der Waals surface area contributed by atoms with E-state index in [1.807, 2.05) is 140 Å². The molecule has 0 heterocycles. The monoisotopic (exact) mass is 638 g/mol. The van der Waals surface area contributed by atoms with Crippen LogP contribution in [0.1, 0.15) is 27.8 Å². The fraction of sp³-hybridized carbons (Fsp3) is 0.132. The molecular weight excluding hydrogens is 605 g/mol. The van der Waals surface area contributed by atoms with Gasteiger partial charge in [0.25, 0.3) is 0 Å². The summed E-state index contributed by atoms with van der Waals surface area (Å²) >= 11 is 0. The van der Waals surface area contributed by atoms with E-state index in [4.69, 9.17) is 4.99 Å². The van der Waals surface area contributed by atoms with Crippen LogP contribution in [-0.2, 0) is 45.6 Å². The van der Waals surface area contributed by atoms with Crippen molar-refractivity contribution >= 4 is 23.3 Å². The van der Waals surface area contributed by atoms with Crippen LogP contribution in [0.3, 0.4) is 0 Å². The quantitative estimate of drug-likeness (QED) is 0.107. The van der Waals surface area contributed by atoms with Gasteiger partial charge in [0.05, 0.1) is 11.6 Å².